The molecule has 0 saturated carbocycles. The molecular weight excluding hydrogens is 250 g/mol. The number of nitrogens with two attached hydrogens (primary N) is 1. The highest BCUT2D eigenvalue weighted by Gasteiger charge is 2.20. The van der Waals surface area contributed by atoms with Crippen molar-refractivity contribution in [2.75, 3.05) is 32.5 Å². The van der Waals surface area contributed by atoms with Crippen LogP contribution in [0.15, 0.2) is 29.2 Å². The smallest absolute Gasteiger partial charge is 0.244 e. The SMILES string of the molecule is CC(CN)CNc1ccccc1S(=O)(=O)N(C)C. The first-order chi connectivity index (χ1) is 8.39. The highest BCUT2D eigenvalue weighted by Crippen LogP contribution is 2.23. The zero-order valence-electron chi connectivity index (χ0n) is 11.1. The average molecular weight is 271 g/mol. The highest BCUT2D eigenvalue weighted by atomic mass is 32.2. The van der Waals surface area contributed by atoms with Gasteiger partial charge in [0.25, 0.3) is 0 Å². The third-order valence-electron chi connectivity index (χ3n) is 2.69. The van der Waals surface area contributed by atoms with Gasteiger partial charge in [-0.1, -0.05) is 19.1 Å². The second-order valence-electron chi connectivity index (χ2n) is 4.51. The number of para-hydroxylation sites is 1. The maximum absolute atomic E-state index is 12.1. The van der Waals surface area contributed by atoms with Gasteiger partial charge in [-0.2, -0.15) is 0 Å². The van der Waals surface area contributed by atoms with Crippen LogP contribution in [0.1, 0.15) is 6.92 Å². The summed E-state index contributed by atoms with van der Waals surface area (Å²) >= 11 is 0. The van der Waals surface area contributed by atoms with Crippen molar-refractivity contribution in [1.82, 2.24) is 4.31 Å². The van der Waals surface area contributed by atoms with Gasteiger partial charge >= 0.3 is 0 Å². The molecule has 1 unspecified atom stereocenters. The van der Waals surface area contributed by atoms with Gasteiger partial charge in [-0.3, -0.25) is 0 Å². The topological polar surface area (TPSA) is 75.4 Å². The summed E-state index contributed by atoms with van der Waals surface area (Å²) in [6.45, 7) is 3.22. The molecule has 3 N–H and O–H groups in total. The Morgan fingerprint density at radius 1 is 1.33 bits per heavy atom. The molecule has 0 heterocycles. The number of benzene rings is 1. The zero-order valence-corrected chi connectivity index (χ0v) is 11.9. The minimum Gasteiger partial charge on any atom is -0.384 e. The molecule has 102 valence electrons. The maximum atomic E-state index is 12.1. The van der Waals surface area contributed by atoms with Gasteiger partial charge in [0.1, 0.15) is 4.90 Å². The van der Waals surface area contributed by atoms with E-state index in [-0.39, 0.29) is 0 Å². The van der Waals surface area contributed by atoms with Crippen LogP contribution in [0.3, 0.4) is 0 Å². The van der Waals surface area contributed by atoms with Crippen molar-refractivity contribution in [2.24, 2.45) is 11.7 Å². The van der Waals surface area contributed by atoms with E-state index in [0.29, 0.717) is 29.6 Å². The fourth-order valence-corrected chi connectivity index (χ4v) is 2.46. The largest absolute Gasteiger partial charge is 0.384 e. The Kier molecular flexibility index (Phi) is 5.13. The Labute approximate surface area is 109 Å². The van der Waals surface area contributed by atoms with Crippen LogP contribution in [-0.2, 0) is 10.0 Å². The number of sulfonamides is 1. The number of hydrogen-bond acceptors (Lipinski definition) is 4. The van der Waals surface area contributed by atoms with E-state index in [2.05, 4.69) is 5.32 Å². The first kappa shape index (κ1) is 14.9. The molecule has 5 nitrogen and oxygen atoms in total. The third-order valence-corrected chi connectivity index (χ3v) is 4.56. The van der Waals surface area contributed by atoms with Crippen LogP contribution in [0.4, 0.5) is 5.69 Å². The van der Waals surface area contributed by atoms with Gasteiger partial charge in [-0.15, -0.1) is 0 Å². The number of hydrogen-bond donors (Lipinski definition) is 2. The van der Waals surface area contributed by atoms with E-state index in [1.54, 1.807) is 18.2 Å². The van der Waals surface area contributed by atoms with Gasteiger partial charge < -0.3 is 11.1 Å². The predicted molar refractivity (Wildman–Crippen MR) is 74.0 cm³/mol. The lowest BCUT2D eigenvalue weighted by Gasteiger charge is -2.17. The first-order valence-electron chi connectivity index (χ1n) is 5.85. The van der Waals surface area contributed by atoms with E-state index in [1.807, 2.05) is 13.0 Å². The summed E-state index contributed by atoms with van der Waals surface area (Å²) < 4.78 is 25.5. The zero-order chi connectivity index (χ0) is 13.8. The van der Waals surface area contributed by atoms with Crippen molar-refractivity contribution >= 4 is 15.7 Å². The van der Waals surface area contributed by atoms with Crippen molar-refractivity contribution in [2.45, 2.75) is 11.8 Å². The average Bonchev–Trinajstić information content (AvgIpc) is 2.35. The summed E-state index contributed by atoms with van der Waals surface area (Å²) in [4.78, 5) is 0.291. The normalized spacial score (nSPS) is 13.6. The van der Waals surface area contributed by atoms with E-state index in [9.17, 15) is 8.42 Å². The van der Waals surface area contributed by atoms with Crippen LogP contribution >= 0.6 is 0 Å². The summed E-state index contributed by atoms with van der Waals surface area (Å²) in [5.41, 5.74) is 6.16. The van der Waals surface area contributed by atoms with E-state index >= 15 is 0 Å². The van der Waals surface area contributed by atoms with Gasteiger partial charge in [0, 0.05) is 20.6 Å². The Balaban J connectivity index is 3.01. The van der Waals surface area contributed by atoms with Crippen LogP contribution in [0.25, 0.3) is 0 Å². The van der Waals surface area contributed by atoms with E-state index in [1.165, 1.54) is 18.4 Å². The molecular formula is C12H21N3O2S. The lowest BCUT2D eigenvalue weighted by molar-refractivity contribution is 0.521. The fraction of sp³-hybridized carbons (Fsp3) is 0.500. The van der Waals surface area contributed by atoms with Crippen molar-refractivity contribution < 1.29 is 8.42 Å². The second kappa shape index (κ2) is 6.17. The van der Waals surface area contributed by atoms with Crippen LogP contribution in [0.2, 0.25) is 0 Å². The van der Waals surface area contributed by atoms with Crippen LogP contribution in [0, 0.1) is 5.92 Å². The Hall–Kier alpha value is -1.11. The Bertz CT molecular complexity index is 486. The molecule has 0 fully saturated rings. The summed E-state index contributed by atoms with van der Waals surface area (Å²) in [6, 6.07) is 6.89. The lowest BCUT2D eigenvalue weighted by Crippen LogP contribution is -2.25. The van der Waals surface area contributed by atoms with E-state index in [4.69, 9.17) is 5.73 Å². The van der Waals surface area contributed by atoms with E-state index in [0.717, 1.165) is 0 Å². The van der Waals surface area contributed by atoms with Gasteiger partial charge in [0.15, 0.2) is 0 Å². The number of nitrogens with zero attached hydrogens (tertiary/aromatic N) is 1. The van der Waals surface area contributed by atoms with Crippen molar-refractivity contribution in [3.8, 4) is 0 Å². The van der Waals surface area contributed by atoms with Crippen molar-refractivity contribution in [1.29, 1.82) is 0 Å². The number of nitrogens with one attached hydrogen (secondary N) is 1. The number of rotatable bonds is 6. The first-order valence-corrected chi connectivity index (χ1v) is 7.29. The molecule has 1 aromatic carbocycles. The molecule has 0 aliphatic rings. The Morgan fingerprint density at radius 2 is 1.94 bits per heavy atom. The molecule has 1 rings (SSSR count). The molecule has 0 spiro atoms. The van der Waals surface area contributed by atoms with Gasteiger partial charge in [-0.25, -0.2) is 12.7 Å². The van der Waals surface area contributed by atoms with Crippen LogP contribution < -0.4 is 11.1 Å². The summed E-state index contributed by atoms with van der Waals surface area (Å²) in [7, 11) is -0.378. The molecule has 1 aromatic rings. The maximum Gasteiger partial charge on any atom is 0.244 e. The van der Waals surface area contributed by atoms with Crippen molar-refractivity contribution in [3.63, 3.8) is 0 Å². The second-order valence-corrected chi connectivity index (χ2v) is 6.63. The summed E-state index contributed by atoms with van der Waals surface area (Å²) in [6.07, 6.45) is 0. The molecule has 6 heteroatoms. The summed E-state index contributed by atoms with van der Waals surface area (Å²) in [5, 5.41) is 3.14. The molecule has 18 heavy (non-hydrogen) atoms. The van der Waals surface area contributed by atoms with Gasteiger partial charge in [0.2, 0.25) is 10.0 Å². The van der Waals surface area contributed by atoms with Crippen molar-refractivity contribution in [3.05, 3.63) is 24.3 Å². The van der Waals surface area contributed by atoms with Crippen LogP contribution in [-0.4, -0.2) is 39.9 Å². The van der Waals surface area contributed by atoms with E-state index < -0.39 is 10.0 Å². The van der Waals surface area contributed by atoms with Crippen LogP contribution in [0.5, 0.6) is 0 Å². The molecule has 1 atom stereocenters. The highest BCUT2D eigenvalue weighted by molar-refractivity contribution is 7.89. The van der Waals surface area contributed by atoms with Gasteiger partial charge in [0.05, 0.1) is 5.69 Å². The molecule has 0 bridgehead atoms. The monoisotopic (exact) mass is 271 g/mol. The van der Waals surface area contributed by atoms with Gasteiger partial charge in [-0.05, 0) is 24.6 Å². The summed E-state index contributed by atoms with van der Waals surface area (Å²) in [5.74, 6) is 0.292. The third kappa shape index (κ3) is 3.44. The minimum absolute atomic E-state index is 0.291. The minimum atomic E-state index is -3.42. The fourth-order valence-electron chi connectivity index (χ4n) is 1.40. The molecule has 0 aromatic heterocycles. The Morgan fingerprint density at radius 3 is 2.50 bits per heavy atom. The molecule has 0 saturated heterocycles. The number of anilines is 1. The molecule has 0 radical (unpaired) electrons. The quantitative estimate of drug-likeness (QED) is 0.807. The molecule has 0 aliphatic carbocycles. The molecule has 0 amide bonds. The standard InChI is InChI=1S/C12H21N3O2S/c1-10(8-13)9-14-11-6-4-5-7-12(11)18(16,17)15(2)3/h4-7,10,14H,8-9,13H2,1-3H3. The predicted octanol–water partition coefficient (Wildman–Crippen LogP) is 0.944. The lowest BCUT2D eigenvalue weighted by atomic mass is 10.2. The molecule has 0 aliphatic heterocycles.